The second-order valence-corrected chi connectivity index (χ2v) is 5.30. The van der Waals surface area contributed by atoms with Gasteiger partial charge in [0.2, 0.25) is 5.91 Å². The van der Waals surface area contributed by atoms with Crippen LogP contribution in [0.1, 0.15) is 35.2 Å². The maximum Gasteiger partial charge on any atom is 0.251 e. The maximum atomic E-state index is 13.6. The van der Waals surface area contributed by atoms with Gasteiger partial charge in [0.1, 0.15) is 5.82 Å². The van der Waals surface area contributed by atoms with Crippen molar-refractivity contribution in [3.8, 4) is 0 Å². The summed E-state index contributed by atoms with van der Waals surface area (Å²) >= 11 is 0. The lowest BCUT2D eigenvalue weighted by atomic mass is 10.1. The van der Waals surface area contributed by atoms with Gasteiger partial charge in [0, 0.05) is 29.9 Å². The summed E-state index contributed by atoms with van der Waals surface area (Å²) in [6.45, 7) is 2.95. The first-order valence-corrected chi connectivity index (χ1v) is 7.10. The molecule has 0 aromatic heterocycles. The van der Waals surface area contributed by atoms with Crippen LogP contribution in [0.25, 0.3) is 0 Å². The normalized spacial score (nSPS) is 14.9. The fourth-order valence-corrected chi connectivity index (χ4v) is 2.34. The Morgan fingerprint density at radius 1 is 1.29 bits per heavy atom. The van der Waals surface area contributed by atoms with E-state index in [9.17, 15) is 14.0 Å². The summed E-state index contributed by atoms with van der Waals surface area (Å²) in [6, 6.07) is 2.55. The number of nitrogens with two attached hydrogens (primary N) is 1. The highest BCUT2D eigenvalue weighted by Gasteiger charge is 2.18. The van der Waals surface area contributed by atoms with Gasteiger partial charge in [-0.05, 0) is 38.3 Å². The van der Waals surface area contributed by atoms with Crippen LogP contribution in [0.2, 0.25) is 0 Å². The van der Waals surface area contributed by atoms with Gasteiger partial charge < -0.3 is 16.0 Å². The number of amides is 2. The van der Waals surface area contributed by atoms with E-state index in [1.807, 2.05) is 0 Å². The number of anilines is 1. The van der Waals surface area contributed by atoms with Crippen LogP contribution in [0, 0.1) is 12.7 Å². The molecule has 1 heterocycles. The molecule has 6 heteroatoms. The van der Waals surface area contributed by atoms with Crippen molar-refractivity contribution in [3.63, 3.8) is 0 Å². The van der Waals surface area contributed by atoms with Gasteiger partial charge in [-0.1, -0.05) is 0 Å². The molecule has 0 radical (unpaired) electrons. The minimum atomic E-state index is -0.525. The van der Waals surface area contributed by atoms with Crippen molar-refractivity contribution in [1.29, 1.82) is 0 Å². The number of likely N-dealkylation sites (tertiary alicyclic amines) is 1. The summed E-state index contributed by atoms with van der Waals surface area (Å²) in [4.78, 5) is 25.6. The smallest absolute Gasteiger partial charge is 0.251 e. The van der Waals surface area contributed by atoms with Gasteiger partial charge in [-0.2, -0.15) is 0 Å². The van der Waals surface area contributed by atoms with Crippen molar-refractivity contribution in [1.82, 2.24) is 10.2 Å². The molecule has 0 saturated carbocycles. The lowest BCUT2D eigenvalue weighted by Gasteiger charge is -2.26. The molecule has 0 bridgehead atoms. The number of hydrogen-bond donors (Lipinski definition) is 2. The topological polar surface area (TPSA) is 75.4 Å². The highest BCUT2D eigenvalue weighted by atomic mass is 19.1. The van der Waals surface area contributed by atoms with E-state index in [4.69, 9.17) is 5.73 Å². The van der Waals surface area contributed by atoms with Crippen LogP contribution in [-0.4, -0.2) is 36.3 Å². The Kier molecular flexibility index (Phi) is 4.77. The highest BCUT2D eigenvalue weighted by Crippen LogP contribution is 2.17. The van der Waals surface area contributed by atoms with E-state index in [1.54, 1.807) is 11.8 Å². The van der Waals surface area contributed by atoms with Crippen molar-refractivity contribution in [3.05, 3.63) is 29.1 Å². The van der Waals surface area contributed by atoms with Crippen LogP contribution in [0.15, 0.2) is 12.1 Å². The van der Waals surface area contributed by atoms with Gasteiger partial charge in [0.15, 0.2) is 0 Å². The molecule has 5 nitrogen and oxygen atoms in total. The number of nitrogen functional groups attached to an aromatic ring is 1. The van der Waals surface area contributed by atoms with E-state index in [2.05, 4.69) is 5.32 Å². The zero-order valence-corrected chi connectivity index (χ0v) is 12.1. The molecule has 0 spiro atoms. The number of carbonyl (C=O) groups is 2. The Morgan fingerprint density at radius 3 is 2.57 bits per heavy atom. The molecule has 21 heavy (non-hydrogen) atoms. The number of carbonyl (C=O) groups excluding carboxylic acids is 2. The van der Waals surface area contributed by atoms with Gasteiger partial charge in [-0.25, -0.2) is 4.39 Å². The first kappa shape index (κ1) is 15.3. The first-order chi connectivity index (χ1) is 9.99. The Labute approximate surface area is 123 Å². The second kappa shape index (κ2) is 6.56. The Morgan fingerprint density at radius 2 is 1.95 bits per heavy atom. The predicted molar refractivity (Wildman–Crippen MR) is 78.3 cm³/mol. The van der Waals surface area contributed by atoms with Crippen LogP contribution >= 0.6 is 0 Å². The van der Waals surface area contributed by atoms with Gasteiger partial charge in [0.25, 0.3) is 5.91 Å². The standard InChI is InChI=1S/C15H20FN3O2/c1-10-12(16)7-11(8-13(10)17)15(21)18-9-14(20)19-5-3-2-4-6-19/h7-8H,2-6,9,17H2,1H3,(H,18,21). The van der Waals surface area contributed by atoms with Gasteiger partial charge in [-0.3, -0.25) is 9.59 Å². The summed E-state index contributed by atoms with van der Waals surface area (Å²) in [5.74, 6) is -1.13. The molecular formula is C15H20FN3O2. The molecule has 3 N–H and O–H groups in total. The van der Waals surface area contributed by atoms with E-state index in [1.165, 1.54) is 6.07 Å². The van der Waals surface area contributed by atoms with E-state index in [0.717, 1.165) is 38.4 Å². The van der Waals surface area contributed by atoms with Gasteiger partial charge in [0.05, 0.1) is 6.54 Å². The summed E-state index contributed by atoms with van der Waals surface area (Å²) in [5, 5.41) is 2.52. The van der Waals surface area contributed by atoms with Crippen LogP contribution in [0.5, 0.6) is 0 Å². The van der Waals surface area contributed by atoms with Crippen LogP contribution < -0.4 is 11.1 Å². The van der Waals surface area contributed by atoms with Gasteiger partial charge in [-0.15, -0.1) is 0 Å². The monoisotopic (exact) mass is 293 g/mol. The molecule has 0 unspecified atom stereocenters. The summed E-state index contributed by atoms with van der Waals surface area (Å²) in [5.41, 5.74) is 6.30. The fraction of sp³-hybridized carbons (Fsp3) is 0.467. The number of hydrogen-bond acceptors (Lipinski definition) is 3. The fourth-order valence-electron chi connectivity index (χ4n) is 2.34. The molecule has 1 fully saturated rings. The van der Waals surface area contributed by atoms with Crippen molar-refractivity contribution in [2.45, 2.75) is 26.2 Å². The molecule has 1 saturated heterocycles. The summed E-state index contributed by atoms with van der Waals surface area (Å²) < 4.78 is 13.6. The number of halogens is 1. The molecule has 2 amide bonds. The third-order valence-corrected chi connectivity index (χ3v) is 3.76. The zero-order valence-electron chi connectivity index (χ0n) is 12.1. The molecule has 1 aromatic rings. The number of piperidine rings is 1. The average Bonchev–Trinajstić information content (AvgIpc) is 2.50. The minimum absolute atomic E-state index is 0.0752. The van der Waals surface area contributed by atoms with Crippen molar-refractivity contribution in [2.24, 2.45) is 0 Å². The van der Waals surface area contributed by atoms with Crippen molar-refractivity contribution >= 4 is 17.5 Å². The van der Waals surface area contributed by atoms with Crippen LogP contribution in [-0.2, 0) is 4.79 Å². The Balaban J connectivity index is 1.94. The number of benzene rings is 1. The third kappa shape index (κ3) is 3.71. The number of nitrogens with one attached hydrogen (secondary N) is 1. The van der Waals surface area contributed by atoms with E-state index in [0.29, 0.717) is 5.56 Å². The average molecular weight is 293 g/mol. The zero-order chi connectivity index (χ0) is 15.4. The molecule has 1 aliphatic heterocycles. The van der Waals surface area contributed by atoms with Crippen molar-refractivity contribution in [2.75, 3.05) is 25.4 Å². The van der Waals surface area contributed by atoms with Crippen LogP contribution in [0.3, 0.4) is 0 Å². The molecule has 0 aliphatic carbocycles. The Bertz CT molecular complexity index is 531. The lowest BCUT2D eigenvalue weighted by molar-refractivity contribution is -0.130. The molecule has 0 atom stereocenters. The third-order valence-electron chi connectivity index (χ3n) is 3.76. The molecule has 2 rings (SSSR count). The van der Waals surface area contributed by atoms with Gasteiger partial charge >= 0.3 is 0 Å². The second-order valence-electron chi connectivity index (χ2n) is 5.30. The van der Waals surface area contributed by atoms with E-state index < -0.39 is 11.7 Å². The highest BCUT2D eigenvalue weighted by molar-refractivity contribution is 5.97. The largest absolute Gasteiger partial charge is 0.398 e. The first-order valence-electron chi connectivity index (χ1n) is 7.10. The summed E-state index contributed by atoms with van der Waals surface area (Å²) in [7, 11) is 0. The predicted octanol–water partition coefficient (Wildman–Crippen LogP) is 1.46. The van der Waals surface area contributed by atoms with Crippen LogP contribution in [0.4, 0.5) is 10.1 Å². The molecule has 1 aromatic carbocycles. The van der Waals surface area contributed by atoms with E-state index in [-0.39, 0.29) is 23.7 Å². The maximum absolute atomic E-state index is 13.6. The SMILES string of the molecule is Cc1c(N)cc(C(=O)NCC(=O)N2CCCCC2)cc1F. The molecular weight excluding hydrogens is 273 g/mol. The van der Waals surface area contributed by atoms with Crippen molar-refractivity contribution < 1.29 is 14.0 Å². The Hall–Kier alpha value is -2.11. The number of rotatable bonds is 3. The quantitative estimate of drug-likeness (QED) is 0.828. The molecule has 1 aliphatic rings. The summed E-state index contributed by atoms with van der Waals surface area (Å²) in [6.07, 6.45) is 3.14. The molecule has 114 valence electrons. The number of nitrogens with zero attached hydrogens (tertiary/aromatic N) is 1. The lowest BCUT2D eigenvalue weighted by Crippen LogP contribution is -2.42. The van der Waals surface area contributed by atoms with E-state index >= 15 is 0 Å². The minimum Gasteiger partial charge on any atom is -0.398 e.